The molecule has 96 valence electrons. The lowest BCUT2D eigenvalue weighted by Gasteiger charge is -2.12. The summed E-state index contributed by atoms with van der Waals surface area (Å²) in [4.78, 5) is 4.23. The average Bonchev–Trinajstić information content (AvgIpc) is 2.34. The van der Waals surface area contributed by atoms with Crippen molar-refractivity contribution >= 4 is 54.1 Å². The molecule has 0 amide bonds. The number of sulfonamides is 1. The monoisotopic (exact) mass is 348 g/mol. The number of hydrogen-bond donors (Lipinski definition) is 1. The molecule has 2 rings (SSSR count). The predicted molar refractivity (Wildman–Crippen MR) is 77.8 cm³/mol. The number of hydrogen-bond acceptors (Lipinski definition) is 3. The van der Waals surface area contributed by atoms with Crippen molar-refractivity contribution in [3.63, 3.8) is 0 Å². The van der Waals surface area contributed by atoms with Crippen LogP contribution in [0.15, 0.2) is 24.4 Å². The minimum atomic E-state index is -3.44. The average molecular weight is 350 g/mol. The Morgan fingerprint density at radius 1 is 1.50 bits per heavy atom. The van der Waals surface area contributed by atoms with Gasteiger partial charge in [-0.3, -0.25) is 9.71 Å². The van der Waals surface area contributed by atoms with Gasteiger partial charge >= 0.3 is 0 Å². The van der Waals surface area contributed by atoms with Crippen LogP contribution in [0.1, 0.15) is 5.56 Å². The highest BCUT2D eigenvalue weighted by Crippen LogP contribution is 2.33. The molecule has 0 radical (unpaired) electrons. The summed E-state index contributed by atoms with van der Waals surface area (Å²) in [7, 11) is -3.44. The summed E-state index contributed by atoms with van der Waals surface area (Å²) in [6.45, 7) is 1.88. The van der Waals surface area contributed by atoms with Gasteiger partial charge < -0.3 is 0 Å². The lowest BCUT2D eigenvalue weighted by Crippen LogP contribution is -2.14. The van der Waals surface area contributed by atoms with Crippen LogP contribution >= 0.6 is 27.5 Å². The highest BCUT2D eigenvalue weighted by atomic mass is 79.9. The zero-order valence-corrected chi connectivity index (χ0v) is 12.6. The van der Waals surface area contributed by atoms with E-state index in [0.717, 1.165) is 11.1 Å². The number of nitrogens with zero attached hydrogens (tertiary/aromatic N) is 1. The number of aryl methyl sites for hydroxylation is 1. The molecule has 7 heteroatoms. The highest BCUT2D eigenvalue weighted by Gasteiger charge is 2.15. The third-order valence-electron chi connectivity index (χ3n) is 2.43. The molecule has 1 heterocycles. The van der Waals surface area contributed by atoms with E-state index in [1.165, 1.54) is 0 Å². The molecule has 1 aromatic heterocycles. The van der Waals surface area contributed by atoms with Crippen LogP contribution in [0.3, 0.4) is 0 Å². The van der Waals surface area contributed by atoms with Gasteiger partial charge in [-0.15, -0.1) is 0 Å². The fraction of sp³-hybridized carbons (Fsp3) is 0.182. The molecule has 0 atom stereocenters. The molecule has 0 unspecified atom stereocenters. The van der Waals surface area contributed by atoms with E-state index >= 15 is 0 Å². The van der Waals surface area contributed by atoms with Crippen LogP contribution in [0.5, 0.6) is 0 Å². The number of fused-ring (bicyclic) bond motifs is 1. The second-order valence-electron chi connectivity index (χ2n) is 3.78. The van der Waals surface area contributed by atoms with Gasteiger partial charge in [0.15, 0.2) is 0 Å². The Bertz CT molecular complexity index is 704. The van der Waals surface area contributed by atoms with E-state index in [0.29, 0.717) is 16.1 Å². The molecule has 4 nitrogen and oxygen atoms in total. The minimum Gasteiger partial charge on any atom is -0.281 e. The van der Waals surface area contributed by atoms with Gasteiger partial charge in [-0.25, -0.2) is 8.42 Å². The van der Waals surface area contributed by atoms with Crippen LogP contribution in [0.4, 0.5) is 5.69 Å². The zero-order valence-electron chi connectivity index (χ0n) is 9.44. The van der Waals surface area contributed by atoms with Gasteiger partial charge in [-0.05, 0) is 30.7 Å². The van der Waals surface area contributed by atoms with Gasteiger partial charge in [-0.1, -0.05) is 27.5 Å². The van der Waals surface area contributed by atoms with E-state index in [9.17, 15) is 8.42 Å². The Morgan fingerprint density at radius 3 is 2.89 bits per heavy atom. The molecule has 0 aliphatic heterocycles. The third kappa shape index (κ3) is 2.60. The van der Waals surface area contributed by atoms with Crippen LogP contribution in [0.2, 0.25) is 5.02 Å². The van der Waals surface area contributed by atoms with Crippen LogP contribution in [0.25, 0.3) is 10.9 Å². The van der Waals surface area contributed by atoms with Gasteiger partial charge in [0.05, 0.1) is 16.2 Å². The maximum absolute atomic E-state index is 11.6. The Morgan fingerprint density at radius 2 is 2.22 bits per heavy atom. The molecule has 1 aromatic carbocycles. The lowest BCUT2D eigenvalue weighted by atomic mass is 10.1. The third-order valence-corrected chi connectivity index (χ3v) is 5.34. The maximum Gasteiger partial charge on any atom is 0.242 e. The highest BCUT2D eigenvalue weighted by molar-refractivity contribution is 9.10. The van der Waals surface area contributed by atoms with Crippen LogP contribution in [-0.4, -0.2) is 18.1 Å². The number of alkyl halides is 1. The summed E-state index contributed by atoms with van der Waals surface area (Å²) in [5.41, 5.74) is 2.00. The summed E-state index contributed by atoms with van der Waals surface area (Å²) in [5, 5.41) is 1.05. The molecule has 18 heavy (non-hydrogen) atoms. The number of pyridine rings is 1. The first-order valence-corrected chi connectivity index (χ1v) is 8.20. The zero-order chi connectivity index (χ0) is 13.3. The Kier molecular flexibility index (Phi) is 3.79. The standard InChI is InChI=1S/C11H10BrClN2O2S/c1-7-5-9(13)11(15-18(16,17)6-12)8-3-2-4-14-10(7)8/h2-5,15H,6H2,1H3. The van der Waals surface area contributed by atoms with Crippen molar-refractivity contribution in [3.05, 3.63) is 35.0 Å². The van der Waals surface area contributed by atoms with E-state index in [1.54, 1.807) is 24.4 Å². The first-order chi connectivity index (χ1) is 8.44. The number of benzene rings is 1. The number of halogens is 2. The molecule has 0 saturated heterocycles. The Hall–Kier alpha value is -0.850. The van der Waals surface area contributed by atoms with Crippen LogP contribution in [-0.2, 0) is 10.0 Å². The van der Waals surface area contributed by atoms with E-state index in [-0.39, 0.29) is 4.66 Å². The number of anilines is 1. The predicted octanol–water partition coefficient (Wildman–Crippen LogP) is 3.29. The van der Waals surface area contributed by atoms with Crippen LogP contribution in [0, 0.1) is 6.92 Å². The van der Waals surface area contributed by atoms with Gasteiger partial charge in [0.25, 0.3) is 0 Å². The summed E-state index contributed by atoms with van der Waals surface area (Å²) in [6, 6.07) is 5.22. The van der Waals surface area contributed by atoms with Crippen LogP contribution < -0.4 is 4.72 Å². The molecule has 2 aromatic rings. The molecule has 0 saturated carbocycles. The fourth-order valence-electron chi connectivity index (χ4n) is 1.67. The van der Waals surface area contributed by atoms with Crippen molar-refractivity contribution in [1.82, 2.24) is 4.98 Å². The summed E-state index contributed by atoms with van der Waals surface area (Å²) >= 11 is 9.02. The van der Waals surface area contributed by atoms with Crippen molar-refractivity contribution < 1.29 is 8.42 Å². The summed E-state index contributed by atoms with van der Waals surface area (Å²) in [6.07, 6.45) is 1.66. The van der Waals surface area contributed by atoms with Crippen molar-refractivity contribution in [3.8, 4) is 0 Å². The largest absolute Gasteiger partial charge is 0.281 e. The molecule has 0 aliphatic rings. The second kappa shape index (κ2) is 5.03. The quantitative estimate of drug-likeness (QED) is 0.865. The number of aromatic nitrogens is 1. The van der Waals surface area contributed by atoms with Gasteiger partial charge in [0, 0.05) is 11.6 Å². The first-order valence-electron chi connectivity index (χ1n) is 5.05. The lowest BCUT2D eigenvalue weighted by molar-refractivity contribution is 0.606. The normalized spacial score (nSPS) is 11.7. The SMILES string of the molecule is Cc1cc(Cl)c(NS(=O)(=O)CBr)c2cccnc12. The number of rotatable bonds is 3. The minimum absolute atomic E-state index is 0.189. The van der Waals surface area contributed by atoms with Crippen molar-refractivity contribution in [2.75, 3.05) is 9.38 Å². The topological polar surface area (TPSA) is 59.1 Å². The molecular weight excluding hydrogens is 340 g/mol. The Balaban J connectivity index is 2.71. The van der Waals surface area contributed by atoms with Crippen molar-refractivity contribution in [1.29, 1.82) is 0 Å². The van der Waals surface area contributed by atoms with E-state index in [4.69, 9.17) is 11.6 Å². The Labute approximate surface area is 119 Å². The summed E-state index contributed by atoms with van der Waals surface area (Å²) in [5.74, 6) is 0. The molecule has 0 aliphatic carbocycles. The first kappa shape index (κ1) is 13.6. The molecule has 0 spiro atoms. The van der Waals surface area contributed by atoms with Gasteiger partial charge in [0.1, 0.15) is 4.66 Å². The summed E-state index contributed by atoms with van der Waals surface area (Å²) < 4.78 is 25.5. The van der Waals surface area contributed by atoms with Crippen molar-refractivity contribution in [2.24, 2.45) is 0 Å². The molecular formula is C11H10BrClN2O2S. The fourth-order valence-corrected chi connectivity index (χ4v) is 2.96. The smallest absolute Gasteiger partial charge is 0.242 e. The van der Waals surface area contributed by atoms with E-state index in [2.05, 4.69) is 25.6 Å². The van der Waals surface area contributed by atoms with E-state index < -0.39 is 10.0 Å². The maximum atomic E-state index is 11.6. The van der Waals surface area contributed by atoms with E-state index in [1.807, 2.05) is 6.92 Å². The molecule has 0 bridgehead atoms. The van der Waals surface area contributed by atoms with Gasteiger partial charge in [-0.2, -0.15) is 0 Å². The van der Waals surface area contributed by atoms with Crippen molar-refractivity contribution in [2.45, 2.75) is 6.92 Å². The number of nitrogens with one attached hydrogen (secondary N) is 1. The molecule has 1 N–H and O–H groups in total. The van der Waals surface area contributed by atoms with Gasteiger partial charge in [0.2, 0.25) is 10.0 Å². The molecule has 0 fully saturated rings. The second-order valence-corrected chi connectivity index (χ2v) is 7.21.